The van der Waals surface area contributed by atoms with Gasteiger partial charge in [0.25, 0.3) is 0 Å². The normalized spacial score (nSPS) is 16.5. The minimum Gasteiger partial charge on any atom is -0.466 e. The minimum atomic E-state index is -0.119. The molecule has 1 fully saturated rings. The maximum Gasteiger partial charge on any atom is 0.309 e. The lowest BCUT2D eigenvalue weighted by molar-refractivity contribution is -0.149. The Labute approximate surface area is 129 Å². The fourth-order valence-corrected chi connectivity index (χ4v) is 2.45. The molecule has 0 saturated carbocycles. The summed E-state index contributed by atoms with van der Waals surface area (Å²) in [5.74, 6) is 0.139. The third-order valence-electron chi connectivity index (χ3n) is 3.77. The number of nitrogens with zero attached hydrogens (tertiary/aromatic N) is 3. The van der Waals surface area contributed by atoms with Gasteiger partial charge in [-0.1, -0.05) is 5.16 Å². The molecule has 0 aliphatic carbocycles. The number of aromatic nitrogens is 2. The highest BCUT2D eigenvalue weighted by atomic mass is 16.6. The van der Waals surface area contributed by atoms with Crippen molar-refractivity contribution in [2.45, 2.75) is 33.1 Å². The zero-order chi connectivity index (χ0) is 15.9. The summed E-state index contributed by atoms with van der Waals surface area (Å²) in [6.45, 7) is 6.23. The summed E-state index contributed by atoms with van der Waals surface area (Å²) < 4.78 is 9.57. The molecule has 0 unspecified atom stereocenters. The van der Waals surface area contributed by atoms with E-state index in [-0.39, 0.29) is 17.8 Å². The van der Waals surface area contributed by atoms with Crippen LogP contribution in [-0.4, -0.2) is 53.3 Å². The van der Waals surface area contributed by atoms with Crippen molar-refractivity contribution in [1.29, 1.82) is 0 Å². The van der Waals surface area contributed by atoms with Crippen LogP contribution >= 0.6 is 0 Å². The van der Waals surface area contributed by atoms with Crippen molar-refractivity contribution >= 4 is 17.7 Å². The molecule has 0 aromatic carbocycles. The monoisotopic (exact) mass is 310 g/mol. The Hall–Kier alpha value is -1.96. The summed E-state index contributed by atoms with van der Waals surface area (Å²) in [4.78, 5) is 25.7. The molecule has 2 rings (SSSR count). The molecule has 0 spiro atoms. The second-order valence-electron chi connectivity index (χ2n) is 5.36. The number of esters is 1. The Bertz CT molecular complexity index is 509. The van der Waals surface area contributed by atoms with Gasteiger partial charge in [0, 0.05) is 13.0 Å². The van der Waals surface area contributed by atoms with Crippen LogP contribution in [0.2, 0.25) is 0 Å². The molecule has 22 heavy (non-hydrogen) atoms. The molecule has 1 aromatic rings. The smallest absolute Gasteiger partial charge is 0.309 e. The van der Waals surface area contributed by atoms with E-state index in [0.29, 0.717) is 31.1 Å². The van der Waals surface area contributed by atoms with Crippen LogP contribution in [0.5, 0.6) is 0 Å². The van der Waals surface area contributed by atoms with Crippen molar-refractivity contribution in [3.05, 3.63) is 5.69 Å². The maximum absolute atomic E-state index is 11.8. The number of piperidine rings is 1. The number of anilines is 1. The standard InChI is InChI=1S/C14H22N4O4/c1-3-21-14(20)11-4-7-18(8-5-11)9-6-12(19)15-13-10(2)16-22-17-13/h11H,3-9H2,1-2H3,(H,15,17,19). The van der Waals surface area contributed by atoms with E-state index < -0.39 is 0 Å². The minimum absolute atomic E-state index is 0.00567. The highest BCUT2D eigenvalue weighted by molar-refractivity contribution is 5.90. The summed E-state index contributed by atoms with van der Waals surface area (Å²) in [6, 6.07) is 0. The topological polar surface area (TPSA) is 97.6 Å². The first-order chi connectivity index (χ1) is 10.6. The first-order valence-electron chi connectivity index (χ1n) is 7.58. The van der Waals surface area contributed by atoms with E-state index in [9.17, 15) is 9.59 Å². The Morgan fingerprint density at radius 2 is 2.09 bits per heavy atom. The Morgan fingerprint density at radius 3 is 2.68 bits per heavy atom. The van der Waals surface area contributed by atoms with E-state index >= 15 is 0 Å². The molecule has 2 heterocycles. The highest BCUT2D eigenvalue weighted by Gasteiger charge is 2.26. The Morgan fingerprint density at radius 1 is 1.36 bits per heavy atom. The second-order valence-corrected chi connectivity index (χ2v) is 5.36. The van der Waals surface area contributed by atoms with Crippen LogP contribution in [0.3, 0.4) is 0 Å². The second kappa shape index (κ2) is 7.88. The largest absolute Gasteiger partial charge is 0.466 e. The number of nitrogens with one attached hydrogen (secondary N) is 1. The maximum atomic E-state index is 11.8. The average Bonchev–Trinajstić information content (AvgIpc) is 2.91. The molecule has 1 amide bonds. The summed E-state index contributed by atoms with van der Waals surface area (Å²) in [6.07, 6.45) is 1.94. The van der Waals surface area contributed by atoms with Crippen LogP contribution in [0.15, 0.2) is 4.63 Å². The third kappa shape index (κ3) is 4.52. The number of hydrogen-bond donors (Lipinski definition) is 1. The van der Waals surface area contributed by atoms with Gasteiger partial charge in [0.2, 0.25) is 5.91 Å². The summed E-state index contributed by atoms with van der Waals surface area (Å²) >= 11 is 0. The van der Waals surface area contributed by atoms with Gasteiger partial charge in [-0.15, -0.1) is 0 Å². The van der Waals surface area contributed by atoms with Crippen molar-refractivity contribution in [2.24, 2.45) is 5.92 Å². The molecule has 1 aliphatic rings. The SMILES string of the molecule is CCOC(=O)C1CCN(CCC(=O)Nc2nonc2C)CC1. The third-order valence-corrected chi connectivity index (χ3v) is 3.77. The molecule has 0 bridgehead atoms. The van der Waals surface area contributed by atoms with E-state index in [1.807, 2.05) is 6.92 Å². The van der Waals surface area contributed by atoms with Gasteiger partial charge in [-0.25, -0.2) is 4.63 Å². The predicted octanol–water partition coefficient (Wildman–Crippen LogP) is 0.982. The highest BCUT2D eigenvalue weighted by Crippen LogP contribution is 2.18. The summed E-state index contributed by atoms with van der Waals surface area (Å²) in [5.41, 5.74) is 0.559. The van der Waals surface area contributed by atoms with Crippen molar-refractivity contribution in [2.75, 3.05) is 31.6 Å². The molecule has 0 radical (unpaired) electrons. The quantitative estimate of drug-likeness (QED) is 0.782. The van der Waals surface area contributed by atoms with Crippen LogP contribution in [0.1, 0.15) is 31.9 Å². The predicted molar refractivity (Wildman–Crippen MR) is 78.1 cm³/mol. The van der Waals surface area contributed by atoms with Gasteiger partial charge < -0.3 is 15.0 Å². The van der Waals surface area contributed by atoms with Crippen molar-refractivity contribution in [1.82, 2.24) is 15.2 Å². The van der Waals surface area contributed by atoms with Crippen molar-refractivity contribution < 1.29 is 19.0 Å². The number of likely N-dealkylation sites (tertiary alicyclic amines) is 1. The molecular weight excluding hydrogens is 288 g/mol. The zero-order valence-corrected chi connectivity index (χ0v) is 13.0. The number of rotatable bonds is 6. The molecule has 1 aliphatic heterocycles. The first-order valence-corrected chi connectivity index (χ1v) is 7.58. The average molecular weight is 310 g/mol. The van der Waals surface area contributed by atoms with Gasteiger partial charge in [-0.05, 0) is 44.9 Å². The van der Waals surface area contributed by atoms with Crippen LogP contribution in [0.4, 0.5) is 5.82 Å². The lowest BCUT2D eigenvalue weighted by atomic mass is 9.97. The molecule has 1 saturated heterocycles. The van der Waals surface area contributed by atoms with Gasteiger partial charge in [0.1, 0.15) is 5.69 Å². The van der Waals surface area contributed by atoms with Crippen LogP contribution in [0.25, 0.3) is 0 Å². The van der Waals surface area contributed by atoms with Gasteiger partial charge in [0.15, 0.2) is 5.82 Å². The molecule has 0 atom stereocenters. The number of ether oxygens (including phenoxy) is 1. The van der Waals surface area contributed by atoms with E-state index in [4.69, 9.17) is 4.74 Å². The molecule has 1 aromatic heterocycles. The molecule has 1 N–H and O–H groups in total. The van der Waals surface area contributed by atoms with Crippen LogP contribution < -0.4 is 5.32 Å². The molecule has 122 valence electrons. The van der Waals surface area contributed by atoms with Crippen LogP contribution in [0, 0.1) is 12.8 Å². The zero-order valence-electron chi connectivity index (χ0n) is 13.0. The van der Waals surface area contributed by atoms with E-state index in [1.54, 1.807) is 6.92 Å². The lowest BCUT2D eigenvalue weighted by Gasteiger charge is -2.30. The number of amides is 1. The van der Waals surface area contributed by atoms with Gasteiger partial charge in [-0.3, -0.25) is 9.59 Å². The summed E-state index contributed by atoms with van der Waals surface area (Å²) in [7, 11) is 0. The van der Waals surface area contributed by atoms with Crippen molar-refractivity contribution in [3.63, 3.8) is 0 Å². The molecule has 8 heteroatoms. The molecule has 8 nitrogen and oxygen atoms in total. The molecular formula is C14H22N4O4. The fraction of sp³-hybridized carbons (Fsp3) is 0.714. The van der Waals surface area contributed by atoms with Gasteiger partial charge in [-0.2, -0.15) is 0 Å². The van der Waals surface area contributed by atoms with Crippen LogP contribution in [-0.2, 0) is 14.3 Å². The Kier molecular flexibility index (Phi) is 5.88. The lowest BCUT2D eigenvalue weighted by Crippen LogP contribution is -2.38. The first kappa shape index (κ1) is 16.4. The number of carbonyl (C=O) groups is 2. The van der Waals surface area contributed by atoms with Crippen molar-refractivity contribution in [3.8, 4) is 0 Å². The van der Waals surface area contributed by atoms with E-state index in [1.165, 1.54) is 0 Å². The number of carbonyl (C=O) groups excluding carboxylic acids is 2. The number of aryl methyl sites for hydroxylation is 1. The van der Waals surface area contributed by atoms with Gasteiger partial charge in [0.05, 0.1) is 12.5 Å². The number of hydrogen-bond acceptors (Lipinski definition) is 7. The summed E-state index contributed by atoms with van der Waals surface area (Å²) in [5, 5.41) is 9.89. The van der Waals surface area contributed by atoms with Gasteiger partial charge >= 0.3 is 5.97 Å². The van der Waals surface area contributed by atoms with E-state index in [2.05, 4.69) is 25.2 Å². The Balaban J connectivity index is 1.67. The van der Waals surface area contributed by atoms with E-state index in [0.717, 1.165) is 25.9 Å². The fourth-order valence-electron chi connectivity index (χ4n) is 2.45.